The Kier molecular flexibility index (Phi) is 8.13. The molecule has 0 saturated carbocycles. The molecule has 0 radical (unpaired) electrons. The smallest absolute Gasteiger partial charge is 0.252 e. The van der Waals surface area contributed by atoms with Crippen LogP contribution in [0.25, 0.3) is 43.1 Å². The molecule has 0 N–H and O–H groups in total. The van der Waals surface area contributed by atoms with Gasteiger partial charge in [-0.15, -0.1) is 0 Å². The zero-order chi connectivity index (χ0) is 42.5. The number of aryl methyl sites for hydroxylation is 2. The lowest BCUT2D eigenvalue weighted by Gasteiger charge is -2.45. The minimum atomic E-state index is -0.0435. The summed E-state index contributed by atoms with van der Waals surface area (Å²) >= 11 is 0. The van der Waals surface area contributed by atoms with Crippen molar-refractivity contribution >= 4 is 117 Å². The normalized spacial score (nSPS) is 12.8. The summed E-state index contributed by atoms with van der Waals surface area (Å²) in [5, 5.41) is 9.81. The van der Waals surface area contributed by atoms with Crippen molar-refractivity contribution < 1.29 is 0 Å². The Morgan fingerprint density at radius 1 is 0.312 bits per heavy atom. The maximum Gasteiger partial charge on any atom is 0.252 e. The third kappa shape index (κ3) is 5.76. The fourth-order valence-electron chi connectivity index (χ4n) is 10.7. The zero-order valence-corrected chi connectivity index (χ0v) is 35.7. The summed E-state index contributed by atoms with van der Waals surface area (Å²) in [7, 11) is 0. The Morgan fingerprint density at radius 2 is 0.703 bits per heavy atom. The van der Waals surface area contributed by atoms with Gasteiger partial charge in [-0.3, -0.25) is 0 Å². The zero-order valence-electron chi connectivity index (χ0n) is 35.7. The maximum absolute atomic E-state index is 2.56. The number of hydrogen-bond acceptors (Lipinski definition) is 3. The van der Waals surface area contributed by atoms with E-state index in [1.54, 1.807) is 0 Å². The Balaban J connectivity index is 1.20. The molecule has 0 unspecified atom stereocenters. The van der Waals surface area contributed by atoms with E-state index in [9.17, 15) is 0 Å². The molecule has 2 heterocycles. The van der Waals surface area contributed by atoms with Crippen molar-refractivity contribution in [3.05, 3.63) is 230 Å². The second kappa shape index (κ2) is 14.2. The molecule has 0 aromatic heterocycles. The van der Waals surface area contributed by atoms with Gasteiger partial charge in [0.2, 0.25) is 0 Å². The summed E-state index contributed by atoms with van der Waals surface area (Å²) in [6.07, 6.45) is 0. The first kappa shape index (κ1) is 36.6. The highest BCUT2D eigenvalue weighted by Crippen LogP contribution is 2.49. The van der Waals surface area contributed by atoms with E-state index >= 15 is 0 Å². The van der Waals surface area contributed by atoms with E-state index < -0.39 is 0 Å². The Morgan fingerprint density at radius 3 is 1.12 bits per heavy atom. The number of fused-ring (bicyclic) bond motifs is 8. The average Bonchev–Trinajstić information content (AvgIpc) is 3.32. The third-order valence-electron chi connectivity index (χ3n) is 13.5. The first-order valence-corrected chi connectivity index (χ1v) is 22.3. The van der Waals surface area contributed by atoms with E-state index in [2.05, 4.69) is 247 Å². The molecule has 11 aromatic rings. The molecule has 0 fully saturated rings. The number of anilines is 9. The Labute approximate surface area is 373 Å². The van der Waals surface area contributed by atoms with Gasteiger partial charge in [0, 0.05) is 45.5 Å². The molecule has 3 nitrogen and oxygen atoms in total. The second-order valence-corrected chi connectivity index (χ2v) is 17.6. The molecule has 2 aliphatic heterocycles. The molecule has 300 valence electrons. The molecular weight excluding hydrogens is 773 g/mol. The van der Waals surface area contributed by atoms with Gasteiger partial charge < -0.3 is 14.7 Å². The second-order valence-electron chi connectivity index (χ2n) is 17.6. The van der Waals surface area contributed by atoms with Crippen LogP contribution in [0.2, 0.25) is 0 Å². The van der Waals surface area contributed by atoms with Gasteiger partial charge in [0.1, 0.15) is 0 Å². The highest BCUT2D eigenvalue weighted by atomic mass is 15.2. The van der Waals surface area contributed by atoms with Crippen LogP contribution in [-0.2, 0) is 0 Å². The van der Waals surface area contributed by atoms with Gasteiger partial charge in [0.05, 0.1) is 5.69 Å². The number of benzene rings is 11. The predicted molar refractivity (Wildman–Crippen MR) is 275 cm³/mol. The maximum atomic E-state index is 2.56. The molecule has 0 aliphatic carbocycles. The minimum absolute atomic E-state index is 0.0435. The van der Waals surface area contributed by atoms with Crippen LogP contribution in [0.3, 0.4) is 0 Å². The lowest BCUT2D eigenvalue weighted by atomic mass is 9.33. The van der Waals surface area contributed by atoms with Crippen molar-refractivity contribution in [3.8, 4) is 0 Å². The van der Waals surface area contributed by atoms with Gasteiger partial charge in [-0.25, -0.2) is 0 Å². The SMILES string of the molecule is Cc1cccc(N(c2cccc(C)c2)c2cc3c4c(c2)N(c2ccc5ccccc5c2)c2cc5ccccc5cc2B4c2cc4ccccc4cc2N3c2ccc3ccccc3c2)c1. The van der Waals surface area contributed by atoms with Crippen LogP contribution >= 0.6 is 0 Å². The van der Waals surface area contributed by atoms with Gasteiger partial charge in [0.25, 0.3) is 6.71 Å². The lowest BCUT2D eigenvalue weighted by Crippen LogP contribution is -2.61. The van der Waals surface area contributed by atoms with Crippen LogP contribution in [0.4, 0.5) is 51.2 Å². The fourth-order valence-corrected chi connectivity index (χ4v) is 10.7. The van der Waals surface area contributed by atoms with Crippen LogP contribution in [-0.4, -0.2) is 6.71 Å². The molecule has 0 spiro atoms. The first-order valence-electron chi connectivity index (χ1n) is 22.3. The van der Waals surface area contributed by atoms with Gasteiger partial charge >= 0.3 is 0 Å². The number of rotatable bonds is 5. The predicted octanol–water partition coefficient (Wildman–Crippen LogP) is 14.5. The van der Waals surface area contributed by atoms with Crippen LogP contribution in [0.5, 0.6) is 0 Å². The monoisotopic (exact) mass is 815 g/mol. The van der Waals surface area contributed by atoms with E-state index in [1.165, 1.54) is 93.4 Å². The third-order valence-corrected chi connectivity index (χ3v) is 13.5. The molecular formula is C60H42BN3. The summed E-state index contributed by atoms with van der Waals surface area (Å²) in [5.74, 6) is 0. The molecule has 2 aliphatic rings. The first-order chi connectivity index (χ1) is 31.5. The van der Waals surface area contributed by atoms with Crippen LogP contribution < -0.4 is 31.1 Å². The number of nitrogens with zero attached hydrogens (tertiary/aromatic N) is 3. The molecule has 0 saturated heterocycles. The lowest BCUT2D eigenvalue weighted by molar-refractivity contribution is 1.22. The number of hydrogen-bond donors (Lipinski definition) is 0. The fraction of sp³-hybridized carbons (Fsp3) is 0.0333. The molecule has 11 aromatic carbocycles. The summed E-state index contributed by atoms with van der Waals surface area (Å²) < 4.78 is 0. The van der Waals surface area contributed by atoms with Gasteiger partial charge in [0.15, 0.2) is 0 Å². The summed E-state index contributed by atoms with van der Waals surface area (Å²) in [6, 6.07) is 81.6. The Bertz CT molecular complexity index is 3470. The van der Waals surface area contributed by atoms with E-state index in [0.29, 0.717) is 0 Å². The minimum Gasteiger partial charge on any atom is -0.311 e. The van der Waals surface area contributed by atoms with Crippen molar-refractivity contribution in [2.24, 2.45) is 0 Å². The van der Waals surface area contributed by atoms with Crippen molar-refractivity contribution in [3.63, 3.8) is 0 Å². The molecule has 0 amide bonds. The van der Waals surface area contributed by atoms with Crippen molar-refractivity contribution in [2.75, 3.05) is 14.7 Å². The molecule has 0 bridgehead atoms. The van der Waals surface area contributed by atoms with E-state index in [4.69, 9.17) is 0 Å². The van der Waals surface area contributed by atoms with Crippen LogP contribution in [0, 0.1) is 13.8 Å². The standard InChI is InChI=1S/C60H42BN3/c1-39-13-11-23-49(29-39)62(50-24-12-14-40(2)30-50)53-37-58-60-59(38-53)64(52-28-26-42-16-4-6-18-44(42)32-52)57-36-48-22-10-8-20-46(48)34-55(57)61(60)54-33-45-19-7-9-21-47(45)35-56(54)63(58)51-27-25-41-15-3-5-17-43(41)31-51/h3-38H,1-2H3. The van der Waals surface area contributed by atoms with Crippen molar-refractivity contribution in [1.82, 2.24) is 0 Å². The van der Waals surface area contributed by atoms with Gasteiger partial charge in [-0.05, 0) is 157 Å². The summed E-state index contributed by atoms with van der Waals surface area (Å²) in [4.78, 5) is 7.57. The summed E-state index contributed by atoms with van der Waals surface area (Å²) in [6.45, 7) is 4.33. The van der Waals surface area contributed by atoms with Crippen molar-refractivity contribution in [1.29, 1.82) is 0 Å². The topological polar surface area (TPSA) is 9.72 Å². The molecule has 4 heteroatoms. The average molecular weight is 816 g/mol. The Hall–Kier alpha value is -8.08. The van der Waals surface area contributed by atoms with E-state index in [-0.39, 0.29) is 6.71 Å². The van der Waals surface area contributed by atoms with Crippen molar-refractivity contribution in [2.45, 2.75) is 13.8 Å². The van der Waals surface area contributed by atoms with E-state index in [0.717, 1.165) is 28.4 Å². The van der Waals surface area contributed by atoms with Gasteiger partial charge in [-0.1, -0.05) is 146 Å². The van der Waals surface area contributed by atoms with E-state index in [1.807, 2.05) is 0 Å². The van der Waals surface area contributed by atoms with Gasteiger partial charge in [-0.2, -0.15) is 0 Å². The quantitative estimate of drug-likeness (QED) is 0.160. The highest BCUT2D eigenvalue weighted by molar-refractivity contribution is 7.00. The molecule has 0 atom stereocenters. The largest absolute Gasteiger partial charge is 0.311 e. The molecule has 13 rings (SSSR count). The highest BCUT2D eigenvalue weighted by Gasteiger charge is 2.44. The van der Waals surface area contributed by atoms with Crippen LogP contribution in [0.1, 0.15) is 11.1 Å². The molecule has 64 heavy (non-hydrogen) atoms. The summed E-state index contributed by atoms with van der Waals surface area (Å²) in [5.41, 5.74) is 16.7. The van der Waals surface area contributed by atoms with Crippen LogP contribution in [0.15, 0.2) is 218 Å².